The molecule has 0 saturated carbocycles. The maximum absolute atomic E-state index is 11.8. The van der Waals surface area contributed by atoms with Gasteiger partial charge in [-0.1, -0.05) is 37.3 Å². The number of aromatic nitrogens is 1. The number of ketones is 1. The lowest BCUT2D eigenvalue weighted by molar-refractivity contribution is 0.0975. The Morgan fingerprint density at radius 2 is 2.12 bits per heavy atom. The second kappa shape index (κ2) is 5.03. The van der Waals surface area contributed by atoms with Gasteiger partial charge in [0.05, 0.1) is 0 Å². The summed E-state index contributed by atoms with van der Waals surface area (Å²) in [6.45, 7) is 2.07. The van der Waals surface area contributed by atoms with E-state index in [-0.39, 0.29) is 11.7 Å². The van der Waals surface area contributed by atoms with Gasteiger partial charge >= 0.3 is 0 Å². The molecule has 3 heteroatoms. The van der Waals surface area contributed by atoms with Gasteiger partial charge in [-0.05, 0) is 11.5 Å². The molecule has 0 bridgehead atoms. The Hall–Kier alpha value is -1.48. The zero-order valence-corrected chi connectivity index (χ0v) is 9.91. The maximum atomic E-state index is 11.8. The van der Waals surface area contributed by atoms with Gasteiger partial charge in [-0.15, -0.1) is 11.3 Å². The van der Waals surface area contributed by atoms with Crippen LogP contribution in [0.25, 0.3) is 0 Å². The first-order chi connectivity index (χ1) is 7.77. The van der Waals surface area contributed by atoms with Crippen molar-refractivity contribution in [1.29, 1.82) is 0 Å². The fourth-order valence-electron chi connectivity index (χ4n) is 1.63. The summed E-state index contributed by atoms with van der Waals surface area (Å²) in [5.41, 5.74) is 1.20. The molecule has 2 aromatic rings. The van der Waals surface area contributed by atoms with Crippen LogP contribution in [0.1, 0.15) is 34.6 Å². The van der Waals surface area contributed by atoms with Crippen LogP contribution in [0.15, 0.2) is 41.9 Å². The van der Waals surface area contributed by atoms with E-state index in [0.29, 0.717) is 11.4 Å². The predicted octanol–water partition coefficient (Wildman–Crippen LogP) is 3.52. The van der Waals surface area contributed by atoms with Gasteiger partial charge in [0.25, 0.3) is 0 Å². The van der Waals surface area contributed by atoms with Crippen LogP contribution in [0.3, 0.4) is 0 Å². The normalized spacial score (nSPS) is 12.3. The molecule has 0 aliphatic carbocycles. The average Bonchev–Trinajstić information content (AvgIpc) is 2.83. The van der Waals surface area contributed by atoms with Gasteiger partial charge < -0.3 is 0 Å². The van der Waals surface area contributed by atoms with E-state index in [2.05, 4.69) is 24.0 Å². The minimum atomic E-state index is 0.131. The minimum Gasteiger partial charge on any atom is -0.291 e. The second-order valence-corrected chi connectivity index (χ2v) is 4.67. The summed E-state index contributed by atoms with van der Waals surface area (Å²) in [6.07, 6.45) is 2.20. The predicted molar refractivity (Wildman–Crippen MR) is 65.9 cm³/mol. The first-order valence-corrected chi connectivity index (χ1v) is 6.13. The molecule has 1 heterocycles. The maximum Gasteiger partial charge on any atom is 0.191 e. The first kappa shape index (κ1) is 11.0. The van der Waals surface area contributed by atoms with Crippen molar-refractivity contribution >= 4 is 17.1 Å². The van der Waals surface area contributed by atoms with E-state index in [1.165, 1.54) is 16.9 Å². The molecule has 0 N–H and O–H groups in total. The molecular formula is C13H13NOS. The first-order valence-electron chi connectivity index (χ1n) is 5.25. The lowest BCUT2D eigenvalue weighted by atomic mass is 9.96. The van der Waals surface area contributed by atoms with Crippen LogP contribution >= 0.6 is 11.3 Å². The van der Waals surface area contributed by atoms with Crippen molar-refractivity contribution < 1.29 is 4.79 Å². The van der Waals surface area contributed by atoms with Crippen molar-refractivity contribution in [1.82, 2.24) is 4.98 Å². The lowest BCUT2D eigenvalue weighted by Crippen LogP contribution is -2.04. The number of nitrogens with zero attached hydrogens (tertiary/aromatic N) is 1. The number of hydrogen-bond acceptors (Lipinski definition) is 3. The van der Waals surface area contributed by atoms with E-state index in [4.69, 9.17) is 0 Å². The van der Waals surface area contributed by atoms with E-state index in [0.717, 1.165) is 0 Å². The highest BCUT2D eigenvalue weighted by atomic mass is 32.1. The van der Waals surface area contributed by atoms with E-state index in [9.17, 15) is 4.79 Å². The molecule has 2 rings (SSSR count). The number of carbonyl (C=O) groups is 1. The van der Waals surface area contributed by atoms with Crippen molar-refractivity contribution in [2.24, 2.45) is 0 Å². The fraction of sp³-hybridized carbons (Fsp3) is 0.231. The number of Topliss-reactive ketones (excluding diaryl/α,β-unsaturated/α-hetero) is 1. The quantitative estimate of drug-likeness (QED) is 0.753. The van der Waals surface area contributed by atoms with Crippen molar-refractivity contribution in [2.75, 3.05) is 0 Å². The van der Waals surface area contributed by atoms with E-state index in [1.807, 2.05) is 23.6 Å². The number of thiazole rings is 1. The van der Waals surface area contributed by atoms with Gasteiger partial charge in [-0.3, -0.25) is 4.79 Å². The molecule has 2 nitrogen and oxygen atoms in total. The third-order valence-electron chi connectivity index (χ3n) is 2.53. The monoisotopic (exact) mass is 231 g/mol. The zero-order chi connectivity index (χ0) is 11.4. The molecule has 1 atom stereocenters. The molecule has 0 spiro atoms. The summed E-state index contributed by atoms with van der Waals surface area (Å²) < 4.78 is 0. The summed E-state index contributed by atoms with van der Waals surface area (Å²) in [7, 11) is 0. The van der Waals surface area contributed by atoms with Crippen molar-refractivity contribution in [3.63, 3.8) is 0 Å². The zero-order valence-electron chi connectivity index (χ0n) is 9.09. The minimum absolute atomic E-state index is 0.131. The van der Waals surface area contributed by atoms with Gasteiger partial charge in [-0.25, -0.2) is 4.98 Å². The third-order valence-corrected chi connectivity index (χ3v) is 3.35. The Kier molecular flexibility index (Phi) is 3.47. The molecule has 0 amide bonds. The van der Waals surface area contributed by atoms with Gasteiger partial charge in [0.1, 0.15) is 0 Å². The van der Waals surface area contributed by atoms with Crippen molar-refractivity contribution in [3.05, 3.63) is 52.5 Å². The van der Waals surface area contributed by atoms with Gasteiger partial charge in [0, 0.05) is 18.0 Å². The van der Waals surface area contributed by atoms with Gasteiger partial charge in [0.15, 0.2) is 10.8 Å². The van der Waals surface area contributed by atoms with Crippen LogP contribution < -0.4 is 0 Å². The van der Waals surface area contributed by atoms with Crippen LogP contribution in [-0.4, -0.2) is 10.8 Å². The smallest absolute Gasteiger partial charge is 0.191 e. The Bertz CT molecular complexity index is 450. The van der Waals surface area contributed by atoms with Crippen molar-refractivity contribution in [2.45, 2.75) is 19.3 Å². The van der Waals surface area contributed by atoms with E-state index >= 15 is 0 Å². The fourth-order valence-corrected chi connectivity index (χ4v) is 2.21. The van der Waals surface area contributed by atoms with Crippen LogP contribution in [-0.2, 0) is 0 Å². The number of rotatable bonds is 4. The molecule has 1 aromatic heterocycles. The molecule has 1 unspecified atom stereocenters. The largest absolute Gasteiger partial charge is 0.291 e. The average molecular weight is 231 g/mol. The number of benzene rings is 1. The summed E-state index contributed by atoms with van der Waals surface area (Å²) in [5, 5.41) is 2.45. The van der Waals surface area contributed by atoms with Gasteiger partial charge in [0.2, 0.25) is 0 Å². The molecule has 0 aliphatic heterocycles. The highest BCUT2D eigenvalue weighted by Gasteiger charge is 2.14. The summed E-state index contributed by atoms with van der Waals surface area (Å²) in [6, 6.07) is 10.1. The molecule has 0 radical (unpaired) electrons. The molecule has 0 saturated heterocycles. The topological polar surface area (TPSA) is 30.0 Å². The molecule has 0 fully saturated rings. The lowest BCUT2D eigenvalue weighted by Gasteiger charge is -2.09. The summed E-state index contributed by atoms with van der Waals surface area (Å²) in [5.74, 6) is 0.379. The van der Waals surface area contributed by atoms with Crippen LogP contribution in [0, 0.1) is 0 Å². The highest BCUT2D eigenvalue weighted by molar-refractivity contribution is 7.11. The number of hydrogen-bond donors (Lipinski definition) is 0. The molecule has 16 heavy (non-hydrogen) atoms. The number of carbonyl (C=O) groups excluding carboxylic acids is 1. The van der Waals surface area contributed by atoms with Gasteiger partial charge in [-0.2, -0.15) is 0 Å². The highest BCUT2D eigenvalue weighted by Crippen LogP contribution is 2.21. The Morgan fingerprint density at radius 3 is 2.75 bits per heavy atom. The SMILES string of the molecule is CC(CC(=O)c1nccs1)c1ccccc1. The molecule has 1 aromatic carbocycles. The summed E-state index contributed by atoms with van der Waals surface area (Å²) in [4.78, 5) is 15.9. The Balaban J connectivity index is 2.03. The second-order valence-electron chi connectivity index (χ2n) is 3.78. The van der Waals surface area contributed by atoms with Crippen molar-refractivity contribution in [3.8, 4) is 0 Å². The van der Waals surface area contributed by atoms with Crippen LogP contribution in [0.5, 0.6) is 0 Å². The van der Waals surface area contributed by atoms with E-state index in [1.54, 1.807) is 6.20 Å². The summed E-state index contributed by atoms with van der Waals surface area (Å²) >= 11 is 1.41. The molecule has 0 aliphatic rings. The molecular weight excluding hydrogens is 218 g/mol. The van der Waals surface area contributed by atoms with Crippen LogP contribution in [0.4, 0.5) is 0 Å². The van der Waals surface area contributed by atoms with Crippen LogP contribution in [0.2, 0.25) is 0 Å². The van der Waals surface area contributed by atoms with E-state index < -0.39 is 0 Å². The Labute approximate surface area is 99.0 Å². The Morgan fingerprint density at radius 1 is 1.38 bits per heavy atom. The third kappa shape index (κ3) is 2.55. The molecule has 82 valence electrons. The standard InChI is InChI=1S/C13H13NOS/c1-10(11-5-3-2-4-6-11)9-12(15)13-14-7-8-16-13/h2-8,10H,9H2,1H3.